The highest BCUT2D eigenvalue weighted by molar-refractivity contribution is 6.08. The minimum atomic E-state index is -0.323. The van der Waals surface area contributed by atoms with Gasteiger partial charge in [-0.05, 0) is 54.2 Å². The van der Waals surface area contributed by atoms with E-state index < -0.39 is 0 Å². The van der Waals surface area contributed by atoms with E-state index in [9.17, 15) is 9.59 Å². The Hall–Kier alpha value is -2.62. The summed E-state index contributed by atoms with van der Waals surface area (Å²) in [5.74, 6) is -0.644. The second-order valence-corrected chi connectivity index (χ2v) is 7.45. The first kappa shape index (κ1) is 18.7. The van der Waals surface area contributed by atoms with Crippen LogP contribution < -0.4 is 10.6 Å². The number of para-hydroxylation sites is 1. The number of amides is 2. The Morgan fingerprint density at radius 3 is 2.04 bits per heavy atom. The standard InChI is InChI=1S/C21H26N2O2/c1-14-10-15(2)12-16(11-14)22-19(24)13-20(25)23-18-9-7-6-8-17(18)21(3,4)5/h6-12H,13H2,1-5H3,(H,22,24)(H,23,25). The van der Waals surface area contributed by atoms with Gasteiger partial charge in [-0.2, -0.15) is 0 Å². The summed E-state index contributed by atoms with van der Waals surface area (Å²) in [5, 5.41) is 5.64. The summed E-state index contributed by atoms with van der Waals surface area (Å²) in [4.78, 5) is 24.4. The Morgan fingerprint density at radius 1 is 0.880 bits per heavy atom. The lowest BCUT2D eigenvalue weighted by Crippen LogP contribution is -2.23. The van der Waals surface area contributed by atoms with E-state index in [4.69, 9.17) is 0 Å². The first-order chi connectivity index (χ1) is 11.6. The van der Waals surface area contributed by atoms with Crippen LogP contribution >= 0.6 is 0 Å². The van der Waals surface area contributed by atoms with Gasteiger partial charge in [0.25, 0.3) is 0 Å². The van der Waals surface area contributed by atoms with Crippen molar-refractivity contribution in [2.45, 2.75) is 46.5 Å². The number of carbonyl (C=O) groups is 2. The van der Waals surface area contributed by atoms with Crippen molar-refractivity contribution in [2.24, 2.45) is 0 Å². The third-order valence-electron chi connectivity index (χ3n) is 3.84. The maximum atomic E-state index is 12.3. The molecule has 0 saturated heterocycles. The molecule has 0 heterocycles. The van der Waals surface area contributed by atoms with Crippen LogP contribution in [0.25, 0.3) is 0 Å². The van der Waals surface area contributed by atoms with Gasteiger partial charge < -0.3 is 10.6 Å². The van der Waals surface area contributed by atoms with Gasteiger partial charge in [-0.15, -0.1) is 0 Å². The minimum absolute atomic E-state index is 0.0920. The number of aryl methyl sites for hydroxylation is 2. The van der Waals surface area contributed by atoms with Gasteiger partial charge >= 0.3 is 0 Å². The number of hydrogen-bond donors (Lipinski definition) is 2. The topological polar surface area (TPSA) is 58.2 Å². The Kier molecular flexibility index (Phi) is 5.62. The number of carbonyl (C=O) groups excluding carboxylic acids is 2. The zero-order valence-electron chi connectivity index (χ0n) is 15.6. The van der Waals surface area contributed by atoms with Crippen LogP contribution in [0.2, 0.25) is 0 Å². The van der Waals surface area contributed by atoms with E-state index in [-0.39, 0.29) is 23.7 Å². The van der Waals surface area contributed by atoms with Crippen molar-refractivity contribution < 1.29 is 9.59 Å². The zero-order chi connectivity index (χ0) is 18.6. The molecular weight excluding hydrogens is 312 g/mol. The predicted molar refractivity (Wildman–Crippen MR) is 103 cm³/mol. The molecular formula is C21H26N2O2. The molecule has 0 aliphatic carbocycles. The fourth-order valence-corrected chi connectivity index (χ4v) is 2.84. The molecule has 2 N–H and O–H groups in total. The Labute approximate surface area is 149 Å². The average molecular weight is 338 g/mol. The van der Waals surface area contributed by atoms with E-state index in [2.05, 4.69) is 31.4 Å². The number of benzene rings is 2. The van der Waals surface area contributed by atoms with Gasteiger partial charge in [-0.1, -0.05) is 45.0 Å². The van der Waals surface area contributed by atoms with Crippen molar-refractivity contribution in [1.29, 1.82) is 0 Å². The third kappa shape index (κ3) is 5.45. The van der Waals surface area contributed by atoms with Crippen LogP contribution in [0.5, 0.6) is 0 Å². The van der Waals surface area contributed by atoms with Crippen molar-refractivity contribution in [3.8, 4) is 0 Å². The SMILES string of the molecule is Cc1cc(C)cc(NC(=O)CC(=O)Nc2ccccc2C(C)(C)C)c1. The first-order valence-electron chi connectivity index (χ1n) is 8.42. The van der Waals surface area contributed by atoms with Gasteiger partial charge in [-0.25, -0.2) is 0 Å². The maximum Gasteiger partial charge on any atom is 0.233 e. The summed E-state index contributed by atoms with van der Waals surface area (Å²) in [6.45, 7) is 10.2. The zero-order valence-corrected chi connectivity index (χ0v) is 15.6. The fraction of sp³-hybridized carbons (Fsp3) is 0.333. The normalized spacial score (nSPS) is 11.1. The van der Waals surface area contributed by atoms with Gasteiger partial charge in [0.2, 0.25) is 11.8 Å². The molecule has 0 aliphatic rings. The monoisotopic (exact) mass is 338 g/mol. The highest BCUT2D eigenvalue weighted by Crippen LogP contribution is 2.29. The lowest BCUT2D eigenvalue weighted by atomic mass is 9.86. The molecule has 0 aliphatic heterocycles. The molecule has 0 radical (unpaired) electrons. The molecule has 2 amide bonds. The van der Waals surface area contributed by atoms with E-state index in [0.717, 1.165) is 22.4 Å². The van der Waals surface area contributed by atoms with Crippen LogP contribution in [0.1, 0.15) is 43.9 Å². The van der Waals surface area contributed by atoms with Gasteiger partial charge in [0.1, 0.15) is 6.42 Å². The summed E-state index contributed by atoms with van der Waals surface area (Å²) >= 11 is 0. The van der Waals surface area contributed by atoms with Crippen LogP contribution in [0.3, 0.4) is 0 Å². The van der Waals surface area contributed by atoms with Crippen molar-refractivity contribution in [2.75, 3.05) is 10.6 Å². The third-order valence-corrected chi connectivity index (χ3v) is 3.84. The highest BCUT2D eigenvalue weighted by Gasteiger charge is 2.19. The minimum Gasteiger partial charge on any atom is -0.326 e. The number of anilines is 2. The lowest BCUT2D eigenvalue weighted by molar-refractivity contribution is -0.123. The summed E-state index contributed by atoms with van der Waals surface area (Å²) in [6.07, 6.45) is -0.217. The number of rotatable bonds is 4. The van der Waals surface area contributed by atoms with E-state index in [0.29, 0.717) is 5.69 Å². The Morgan fingerprint density at radius 2 is 1.44 bits per heavy atom. The largest absolute Gasteiger partial charge is 0.326 e. The van der Waals surface area contributed by atoms with Crippen LogP contribution in [-0.2, 0) is 15.0 Å². The van der Waals surface area contributed by atoms with Crippen molar-refractivity contribution >= 4 is 23.2 Å². The van der Waals surface area contributed by atoms with Gasteiger partial charge in [-0.3, -0.25) is 9.59 Å². The molecule has 2 aromatic rings. The molecule has 132 valence electrons. The van der Waals surface area contributed by atoms with Crippen molar-refractivity contribution in [1.82, 2.24) is 0 Å². The smallest absolute Gasteiger partial charge is 0.233 e. The average Bonchev–Trinajstić information content (AvgIpc) is 2.44. The molecule has 0 aromatic heterocycles. The van der Waals surface area contributed by atoms with E-state index >= 15 is 0 Å². The van der Waals surface area contributed by atoms with E-state index in [1.807, 2.05) is 56.3 Å². The van der Waals surface area contributed by atoms with Crippen LogP contribution in [-0.4, -0.2) is 11.8 Å². The van der Waals surface area contributed by atoms with Crippen LogP contribution in [0, 0.1) is 13.8 Å². The fourth-order valence-electron chi connectivity index (χ4n) is 2.84. The molecule has 0 unspecified atom stereocenters. The van der Waals surface area contributed by atoms with E-state index in [1.54, 1.807) is 0 Å². The first-order valence-corrected chi connectivity index (χ1v) is 8.42. The van der Waals surface area contributed by atoms with Crippen LogP contribution in [0.15, 0.2) is 42.5 Å². The number of nitrogens with one attached hydrogen (secondary N) is 2. The molecule has 0 fully saturated rings. The Balaban J connectivity index is 2.02. The second kappa shape index (κ2) is 7.51. The molecule has 25 heavy (non-hydrogen) atoms. The lowest BCUT2D eigenvalue weighted by Gasteiger charge is -2.23. The van der Waals surface area contributed by atoms with E-state index in [1.165, 1.54) is 0 Å². The van der Waals surface area contributed by atoms with Gasteiger partial charge in [0.15, 0.2) is 0 Å². The molecule has 0 saturated carbocycles. The Bertz CT molecular complexity index is 768. The molecule has 0 spiro atoms. The molecule has 2 aromatic carbocycles. The number of hydrogen-bond acceptors (Lipinski definition) is 2. The molecule has 0 bridgehead atoms. The van der Waals surface area contributed by atoms with Crippen LogP contribution in [0.4, 0.5) is 11.4 Å². The molecule has 4 heteroatoms. The summed E-state index contributed by atoms with van der Waals surface area (Å²) < 4.78 is 0. The van der Waals surface area contributed by atoms with Gasteiger partial charge in [0, 0.05) is 11.4 Å². The van der Waals surface area contributed by atoms with Crippen molar-refractivity contribution in [3.63, 3.8) is 0 Å². The van der Waals surface area contributed by atoms with Crippen molar-refractivity contribution in [3.05, 3.63) is 59.2 Å². The quantitative estimate of drug-likeness (QED) is 0.802. The maximum absolute atomic E-state index is 12.3. The molecule has 2 rings (SSSR count). The molecule has 0 atom stereocenters. The molecule has 4 nitrogen and oxygen atoms in total. The summed E-state index contributed by atoms with van der Waals surface area (Å²) in [6, 6.07) is 13.5. The van der Waals surface area contributed by atoms with Gasteiger partial charge in [0.05, 0.1) is 0 Å². The summed E-state index contributed by atoms with van der Waals surface area (Å²) in [7, 11) is 0. The summed E-state index contributed by atoms with van der Waals surface area (Å²) in [5.41, 5.74) is 4.55. The second-order valence-electron chi connectivity index (χ2n) is 7.45. The predicted octanol–water partition coefficient (Wildman–Crippen LogP) is 4.57. The highest BCUT2D eigenvalue weighted by atomic mass is 16.2.